The molecule has 0 spiro atoms. The number of hydrogen-bond acceptors (Lipinski definition) is 2. The molecule has 0 aliphatic heterocycles. The van der Waals surface area contributed by atoms with E-state index >= 15 is 0 Å². The number of alkyl halides is 3. The van der Waals surface area contributed by atoms with Crippen LogP contribution >= 0.6 is 11.8 Å². The highest BCUT2D eigenvalue weighted by atomic mass is 32.2. The Morgan fingerprint density at radius 3 is 2.50 bits per heavy atom. The zero-order valence-corrected chi connectivity index (χ0v) is 10.6. The van der Waals surface area contributed by atoms with Crippen molar-refractivity contribution in [3.8, 4) is 0 Å². The molecule has 0 bridgehead atoms. The molecule has 0 saturated heterocycles. The Morgan fingerprint density at radius 1 is 1.33 bits per heavy atom. The zero-order chi connectivity index (χ0) is 13.6. The van der Waals surface area contributed by atoms with E-state index in [0.717, 1.165) is 5.56 Å². The van der Waals surface area contributed by atoms with Gasteiger partial charge in [0.25, 0.3) is 0 Å². The third kappa shape index (κ3) is 5.95. The molecule has 1 rings (SSSR count). The van der Waals surface area contributed by atoms with E-state index in [2.05, 4.69) is 0 Å². The van der Waals surface area contributed by atoms with Crippen molar-refractivity contribution in [3.05, 3.63) is 35.9 Å². The van der Waals surface area contributed by atoms with Crippen molar-refractivity contribution in [2.75, 3.05) is 12.3 Å². The van der Waals surface area contributed by atoms with Crippen molar-refractivity contribution in [2.24, 2.45) is 0 Å². The molecule has 0 fully saturated rings. The highest BCUT2D eigenvalue weighted by Gasteiger charge is 2.27. The first-order valence-electron chi connectivity index (χ1n) is 5.38. The normalized spacial score (nSPS) is 13.1. The van der Waals surface area contributed by atoms with Crippen molar-refractivity contribution < 1.29 is 18.0 Å². The number of nitrogens with one attached hydrogen (secondary N) is 1. The summed E-state index contributed by atoms with van der Waals surface area (Å²) in [6.07, 6.45) is -4.36. The van der Waals surface area contributed by atoms with Crippen LogP contribution in [0.4, 0.5) is 13.2 Å². The smallest absolute Gasteiger partial charge is 0.346 e. The van der Waals surface area contributed by atoms with Gasteiger partial charge in [-0.1, -0.05) is 30.3 Å². The molecule has 18 heavy (non-hydrogen) atoms. The standard InChI is InChI=1S/C12H14F3NOS/c1-9(10-5-3-2-4-6-10)18-7-11(17)16-8-12(13,14)15/h2-6,9H,7-8H2,1H3,(H,16,17)/t9-/m1/s1. The molecule has 1 atom stereocenters. The lowest BCUT2D eigenvalue weighted by atomic mass is 10.2. The molecule has 1 amide bonds. The fourth-order valence-corrected chi connectivity index (χ4v) is 2.12. The molecule has 1 N–H and O–H groups in total. The molecule has 0 radical (unpaired) electrons. The molecule has 1 aromatic rings. The molecule has 2 nitrogen and oxygen atoms in total. The van der Waals surface area contributed by atoms with Crippen molar-refractivity contribution in [1.82, 2.24) is 5.32 Å². The topological polar surface area (TPSA) is 29.1 Å². The van der Waals surface area contributed by atoms with Gasteiger partial charge in [-0.2, -0.15) is 13.2 Å². The molecular formula is C12H14F3NOS. The maximum Gasteiger partial charge on any atom is 0.405 e. The minimum Gasteiger partial charge on any atom is -0.346 e. The number of benzene rings is 1. The quantitative estimate of drug-likeness (QED) is 0.895. The highest BCUT2D eigenvalue weighted by Crippen LogP contribution is 2.27. The third-order valence-electron chi connectivity index (χ3n) is 2.22. The van der Waals surface area contributed by atoms with Gasteiger partial charge in [0.2, 0.25) is 5.91 Å². The van der Waals surface area contributed by atoms with Crippen LogP contribution in [0.3, 0.4) is 0 Å². The predicted molar refractivity (Wildman–Crippen MR) is 66.4 cm³/mol. The summed E-state index contributed by atoms with van der Waals surface area (Å²) in [4.78, 5) is 11.2. The Bertz CT molecular complexity index is 381. The average Bonchev–Trinajstić information content (AvgIpc) is 2.33. The maximum atomic E-state index is 11.9. The van der Waals surface area contributed by atoms with Crippen LogP contribution in [0.1, 0.15) is 17.7 Å². The molecule has 6 heteroatoms. The molecule has 100 valence electrons. The van der Waals surface area contributed by atoms with E-state index in [-0.39, 0.29) is 11.0 Å². The summed E-state index contributed by atoms with van der Waals surface area (Å²) in [6, 6.07) is 9.50. The van der Waals surface area contributed by atoms with E-state index in [0.29, 0.717) is 0 Å². The number of carbonyl (C=O) groups excluding carboxylic acids is 1. The summed E-state index contributed by atoms with van der Waals surface area (Å²) >= 11 is 1.31. The van der Waals surface area contributed by atoms with E-state index in [1.807, 2.05) is 42.6 Å². The second-order valence-electron chi connectivity index (χ2n) is 3.76. The summed E-state index contributed by atoms with van der Waals surface area (Å²) < 4.78 is 35.6. The number of hydrogen-bond donors (Lipinski definition) is 1. The van der Waals surface area contributed by atoms with Crippen molar-refractivity contribution >= 4 is 17.7 Å². The minimum atomic E-state index is -4.36. The van der Waals surface area contributed by atoms with E-state index in [1.165, 1.54) is 11.8 Å². The third-order valence-corrected chi connectivity index (χ3v) is 3.42. The Hall–Kier alpha value is -1.17. The van der Waals surface area contributed by atoms with E-state index in [9.17, 15) is 18.0 Å². The molecule has 0 aliphatic carbocycles. The summed E-state index contributed by atoms with van der Waals surface area (Å²) in [5, 5.41) is 1.92. The van der Waals surface area contributed by atoms with Crippen LogP contribution in [-0.4, -0.2) is 24.4 Å². The Balaban J connectivity index is 2.31. The minimum absolute atomic E-state index is 0.0200. The Morgan fingerprint density at radius 2 is 1.94 bits per heavy atom. The molecule has 0 unspecified atom stereocenters. The molecule has 0 saturated carbocycles. The van der Waals surface area contributed by atoms with Crippen LogP contribution in [-0.2, 0) is 4.79 Å². The van der Waals surface area contributed by atoms with Crippen molar-refractivity contribution in [1.29, 1.82) is 0 Å². The largest absolute Gasteiger partial charge is 0.405 e. The van der Waals surface area contributed by atoms with E-state index < -0.39 is 18.6 Å². The van der Waals surface area contributed by atoms with Crippen LogP contribution in [0.5, 0.6) is 0 Å². The van der Waals surface area contributed by atoms with Crippen LogP contribution in [0, 0.1) is 0 Å². The van der Waals surface area contributed by atoms with E-state index in [4.69, 9.17) is 0 Å². The van der Waals surface area contributed by atoms with E-state index in [1.54, 1.807) is 0 Å². The number of rotatable bonds is 5. The van der Waals surface area contributed by atoms with Gasteiger partial charge >= 0.3 is 6.18 Å². The molecule has 0 aliphatic rings. The lowest BCUT2D eigenvalue weighted by molar-refractivity contribution is -0.136. The van der Waals surface area contributed by atoms with Crippen LogP contribution < -0.4 is 5.32 Å². The summed E-state index contributed by atoms with van der Waals surface area (Å²) in [6.45, 7) is 0.642. The van der Waals surface area contributed by atoms with Crippen LogP contribution in [0.25, 0.3) is 0 Å². The first kappa shape index (κ1) is 14.9. The van der Waals surface area contributed by atoms with Gasteiger partial charge < -0.3 is 5.32 Å². The van der Waals surface area contributed by atoms with Crippen molar-refractivity contribution in [3.63, 3.8) is 0 Å². The fourth-order valence-electron chi connectivity index (χ4n) is 1.27. The second kappa shape index (κ2) is 6.68. The lowest BCUT2D eigenvalue weighted by Gasteiger charge is -2.12. The molecule has 1 aromatic carbocycles. The van der Waals surface area contributed by atoms with Gasteiger partial charge in [0, 0.05) is 5.25 Å². The maximum absolute atomic E-state index is 11.9. The van der Waals surface area contributed by atoms with Crippen LogP contribution in [0.15, 0.2) is 30.3 Å². The molecule has 0 aromatic heterocycles. The van der Waals surface area contributed by atoms with Gasteiger partial charge in [0.1, 0.15) is 6.54 Å². The zero-order valence-electron chi connectivity index (χ0n) is 9.83. The fraction of sp³-hybridized carbons (Fsp3) is 0.417. The van der Waals surface area contributed by atoms with Gasteiger partial charge in [-0.3, -0.25) is 4.79 Å². The van der Waals surface area contributed by atoms with Gasteiger partial charge in [0.05, 0.1) is 5.75 Å². The first-order chi connectivity index (χ1) is 8.38. The van der Waals surface area contributed by atoms with Gasteiger partial charge in [0.15, 0.2) is 0 Å². The Kier molecular flexibility index (Phi) is 5.53. The summed E-state index contributed by atoms with van der Waals surface area (Å²) in [5.41, 5.74) is 1.05. The summed E-state index contributed by atoms with van der Waals surface area (Å²) in [7, 11) is 0. The Labute approximate surface area is 108 Å². The van der Waals surface area contributed by atoms with Gasteiger partial charge in [-0.15, -0.1) is 11.8 Å². The van der Waals surface area contributed by atoms with Crippen LogP contribution in [0.2, 0.25) is 0 Å². The average molecular weight is 277 g/mol. The van der Waals surface area contributed by atoms with Gasteiger partial charge in [-0.25, -0.2) is 0 Å². The number of halogens is 3. The van der Waals surface area contributed by atoms with Gasteiger partial charge in [-0.05, 0) is 12.5 Å². The second-order valence-corrected chi connectivity index (χ2v) is 5.08. The first-order valence-corrected chi connectivity index (χ1v) is 6.43. The molecule has 0 heterocycles. The predicted octanol–water partition coefficient (Wildman–Crippen LogP) is 3.16. The summed E-state index contributed by atoms with van der Waals surface area (Å²) in [5.74, 6) is -0.577. The highest BCUT2D eigenvalue weighted by molar-refractivity contribution is 8.00. The van der Waals surface area contributed by atoms with Crippen molar-refractivity contribution in [2.45, 2.75) is 18.3 Å². The number of amides is 1. The number of carbonyl (C=O) groups is 1. The monoisotopic (exact) mass is 277 g/mol. The number of thioether (sulfide) groups is 1. The SMILES string of the molecule is C[C@@H](SCC(=O)NCC(F)(F)F)c1ccccc1. The molecular weight excluding hydrogens is 263 g/mol. The lowest BCUT2D eigenvalue weighted by Crippen LogP contribution is -2.34.